The molecular formula is C27H29N5O2S. The second-order valence-electron chi connectivity index (χ2n) is 9.43. The first-order valence-electron chi connectivity index (χ1n) is 11.9. The Morgan fingerprint density at radius 1 is 1.03 bits per heavy atom. The molecule has 0 saturated heterocycles. The summed E-state index contributed by atoms with van der Waals surface area (Å²) in [4.78, 5) is 15.8. The molecule has 8 heteroatoms. The monoisotopic (exact) mass is 487 g/mol. The van der Waals surface area contributed by atoms with Crippen LogP contribution >= 0.6 is 11.8 Å². The highest BCUT2D eigenvalue weighted by Gasteiger charge is 2.33. The molecule has 0 atom stereocenters. The number of benzene rings is 3. The molecule has 180 valence electrons. The maximum atomic E-state index is 12.1. The minimum atomic E-state index is -0.289. The van der Waals surface area contributed by atoms with Crippen LogP contribution in [0, 0.1) is 0 Å². The van der Waals surface area contributed by atoms with Gasteiger partial charge in [0.25, 0.3) is 0 Å². The smallest absolute Gasteiger partial charge is 0.238 e. The number of phenols is 1. The highest BCUT2D eigenvalue weighted by atomic mass is 32.2. The lowest BCUT2D eigenvalue weighted by Crippen LogP contribution is -2.31. The SMILES string of the molecule is CC1(c2cc(CC(=O)NN)cc(-n3nc4ccc(Sc5ccccc5)cc4n3)c2O)CCCCC1. The van der Waals surface area contributed by atoms with Crippen LogP contribution in [0.1, 0.15) is 50.2 Å². The first-order chi connectivity index (χ1) is 16.9. The van der Waals surface area contributed by atoms with Gasteiger partial charge in [0.15, 0.2) is 0 Å². The Hall–Kier alpha value is -3.36. The summed E-state index contributed by atoms with van der Waals surface area (Å²) < 4.78 is 0. The molecule has 1 aliphatic rings. The van der Waals surface area contributed by atoms with Crippen LogP contribution in [0.4, 0.5) is 0 Å². The van der Waals surface area contributed by atoms with Gasteiger partial charge in [-0.15, -0.1) is 15.0 Å². The van der Waals surface area contributed by atoms with Crippen molar-refractivity contribution in [2.75, 3.05) is 0 Å². The lowest BCUT2D eigenvalue weighted by Gasteiger charge is -2.35. The zero-order chi connectivity index (χ0) is 24.4. The summed E-state index contributed by atoms with van der Waals surface area (Å²) in [6.07, 6.45) is 5.52. The van der Waals surface area contributed by atoms with Gasteiger partial charge in [-0.1, -0.05) is 62.2 Å². The van der Waals surface area contributed by atoms with Crippen LogP contribution in [0.25, 0.3) is 16.7 Å². The molecule has 35 heavy (non-hydrogen) atoms. The van der Waals surface area contributed by atoms with Crippen molar-refractivity contribution in [3.05, 3.63) is 71.8 Å². The molecule has 0 aliphatic heterocycles. The fourth-order valence-electron chi connectivity index (χ4n) is 4.92. The molecule has 7 nitrogen and oxygen atoms in total. The van der Waals surface area contributed by atoms with E-state index >= 15 is 0 Å². The number of fused-ring (bicyclic) bond motifs is 1. The van der Waals surface area contributed by atoms with E-state index in [0.717, 1.165) is 57.6 Å². The topological polar surface area (TPSA) is 106 Å². The molecule has 1 saturated carbocycles. The molecule has 4 N–H and O–H groups in total. The fourth-order valence-corrected chi connectivity index (χ4v) is 5.79. The molecule has 1 aliphatic carbocycles. The van der Waals surface area contributed by atoms with E-state index in [2.05, 4.69) is 29.6 Å². The average molecular weight is 488 g/mol. The number of aromatic hydroxyl groups is 1. The summed E-state index contributed by atoms with van der Waals surface area (Å²) in [6, 6.07) is 19.9. The van der Waals surface area contributed by atoms with E-state index < -0.39 is 0 Å². The second kappa shape index (κ2) is 9.71. The predicted octanol–water partition coefficient (Wildman–Crippen LogP) is 5.03. The highest BCUT2D eigenvalue weighted by molar-refractivity contribution is 7.99. The van der Waals surface area contributed by atoms with E-state index in [4.69, 9.17) is 10.9 Å². The molecular weight excluding hydrogens is 458 g/mol. The molecule has 0 spiro atoms. The average Bonchev–Trinajstić information content (AvgIpc) is 3.29. The number of carbonyl (C=O) groups excluding carboxylic acids is 1. The Bertz CT molecular complexity index is 1360. The van der Waals surface area contributed by atoms with Gasteiger partial charge in [0.1, 0.15) is 22.5 Å². The van der Waals surface area contributed by atoms with Crippen molar-refractivity contribution in [3.8, 4) is 11.4 Å². The van der Waals surface area contributed by atoms with Crippen LogP contribution in [0.5, 0.6) is 5.75 Å². The van der Waals surface area contributed by atoms with Gasteiger partial charge in [-0.2, -0.15) is 0 Å². The third-order valence-corrected chi connectivity index (χ3v) is 7.83. The van der Waals surface area contributed by atoms with E-state index in [0.29, 0.717) is 5.69 Å². The van der Waals surface area contributed by atoms with Crippen molar-refractivity contribution in [1.82, 2.24) is 20.4 Å². The van der Waals surface area contributed by atoms with Crippen LogP contribution in [-0.4, -0.2) is 26.0 Å². The van der Waals surface area contributed by atoms with Crippen LogP contribution in [0.3, 0.4) is 0 Å². The Labute approximate surface area is 208 Å². The standard InChI is InChI=1S/C27H29N5O2S/c1-27(12-6-3-7-13-27)21-14-18(16-25(33)29-28)15-24(26(21)34)32-30-22-11-10-20(17-23(22)31-32)35-19-8-4-2-5-9-19/h2,4-5,8-11,14-15,17,34H,3,6-7,12-13,16,28H2,1H3,(H,29,33). The van der Waals surface area contributed by atoms with E-state index in [9.17, 15) is 9.90 Å². The van der Waals surface area contributed by atoms with Gasteiger partial charge in [0.05, 0.1) is 6.42 Å². The van der Waals surface area contributed by atoms with E-state index in [1.54, 1.807) is 17.8 Å². The first kappa shape index (κ1) is 23.4. The van der Waals surface area contributed by atoms with Gasteiger partial charge in [-0.05, 0) is 60.2 Å². The molecule has 1 heterocycles. The van der Waals surface area contributed by atoms with Crippen LogP contribution in [-0.2, 0) is 16.6 Å². The predicted molar refractivity (Wildman–Crippen MR) is 138 cm³/mol. The number of nitrogens with one attached hydrogen (secondary N) is 1. The van der Waals surface area contributed by atoms with E-state index in [-0.39, 0.29) is 23.5 Å². The van der Waals surface area contributed by atoms with Crippen LogP contribution in [0.15, 0.2) is 70.5 Å². The van der Waals surface area contributed by atoms with Crippen molar-refractivity contribution < 1.29 is 9.90 Å². The van der Waals surface area contributed by atoms with Gasteiger partial charge in [0, 0.05) is 15.4 Å². The number of phenolic OH excluding ortho intramolecular Hbond substituents is 1. The molecule has 1 amide bonds. The molecule has 3 aromatic carbocycles. The minimum Gasteiger partial charge on any atom is -0.505 e. The van der Waals surface area contributed by atoms with Crippen molar-refractivity contribution in [3.63, 3.8) is 0 Å². The minimum absolute atomic E-state index is 0.117. The normalized spacial score (nSPS) is 15.3. The molecule has 0 radical (unpaired) electrons. The van der Waals surface area contributed by atoms with Crippen molar-refractivity contribution in [1.29, 1.82) is 0 Å². The van der Waals surface area contributed by atoms with Gasteiger partial charge in [-0.25, -0.2) is 5.84 Å². The maximum absolute atomic E-state index is 12.1. The molecule has 5 rings (SSSR count). The van der Waals surface area contributed by atoms with E-state index in [1.807, 2.05) is 42.5 Å². The Balaban J connectivity index is 1.56. The number of nitrogens with zero attached hydrogens (tertiary/aromatic N) is 3. The van der Waals surface area contributed by atoms with Crippen LogP contribution < -0.4 is 11.3 Å². The first-order valence-corrected chi connectivity index (χ1v) is 12.7. The maximum Gasteiger partial charge on any atom is 0.238 e. The Morgan fingerprint density at radius 3 is 2.51 bits per heavy atom. The third-order valence-electron chi connectivity index (χ3n) is 6.83. The summed E-state index contributed by atoms with van der Waals surface area (Å²) in [5.41, 5.74) is 5.59. The van der Waals surface area contributed by atoms with Crippen molar-refractivity contribution in [2.24, 2.45) is 5.84 Å². The Kier molecular flexibility index (Phi) is 6.49. The number of hydrogen-bond donors (Lipinski definition) is 3. The molecule has 4 aromatic rings. The summed E-state index contributed by atoms with van der Waals surface area (Å²) in [5, 5.41) is 20.8. The number of carbonyl (C=O) groups is 1. The summed E-state index contributed by atoms with van der Waals surface area (Å²) in [7, 11) is 0. The zero-order valence-electron chi connectivity index (χ0n) is 19.7. The largest absolute Gasteiger partial charge is 0.505 e. The number of hydrogen-bond acceptors (Lipinski definition) is 6. The van der Waals surface area contributed by atoms with Gasteiger partial charge in [0.2, 0.25) is 5.91 Å². The number of rotatable bonds is 6. The molecule has 0 unspecified atom stereocenters. The van der Waals surface area contributed by atoms with Crippen molar-refractivity contribution in [2.45, 2.75) is 60.7 Å². The quantitative estimate of drug-likeness (QED) is 0.200. The third kappa shape index (κ3) is 4.90. The fraction of sp³-hybridized carbons (Fsp3) is 0.296. The van der Waals surface area contributed by atoms with Gasteiger partial charge >= 0.3 is 0 Å². The highest BCUT2D eigenvalue weighted by Crippen LogP contribution is 2.45. The Morgan fingerprint density at radius 2 is 1.77 bits per heavy atom. The lowest BCUT2D eigenvalue weighted by molar-refractivity contribution is -0.120. The summed E-state index contributed by atoms with van der Waals surface area (Å²) in [5.74, 6) is 5.23. The summed E-state index contributed by atoms with van der Waals surface area (Å²) >= 11 is 1.66. The zero-order valence-corrected chi connectivity index (χ0v) is 20.5. The van der Waals surface area contributed by atoms with Gasteiger partial charge in [-0.3, -0.25) is 10.2 Å². The second-order valence-corrected chi connectivity index (χ2v) is 10.6. The molecule has 1 aromatic heterocycles. The molecule has 1 fully saturated rings. The summed E-state index contributed by atoms with van der Waals surface area (Å²) in [6.45, 7) is 2.19. The number of aromatic nitrogens is 3. The number of nitrogens with two attached hydrogens (primary N) is 1. The van der Waals surface area contributed by atoms with E-state index in [1.165, 1.54) is 11.2 Å². The lowest BCUT2D eigenvalue weighted by atomic mass is 9.70. The van der Waals surface area contributed by atoms with Gasteiger partial charge < -0.3 is 5.11 Å². The molecule has 0 bridgehead atoms. The number of amides is 1. The van der Waals surface area contributed by atoms with Crippen LogP contribution in [0.2, 0.25) is 0 Å². The van der Waals surface area contributed by atoms with Crippen molar-refractivity contribution >= 4 is 28.7 Å². The number of hydrazine groups is 1.